The van der Waals surface area contributed by atoms with E-state index in [2.05, 4.69) is 36.4 Å². The fourth-order valence-corrected chi connectivity index (χ4v) is 4.20. The molecule has 3 aromatic carbocycles. The summed E-state index contributed by atoms with van der Waals surface area (Å²) in [6, 6.07) is 22.8. The van der Waals surface area contributed by atoms with Crippen molar-refractivity contribution in [3.8, 4) is 0 Å². The maximum Gasteiger partial charge on any atom is 0.0959 e. The van der Waals surface area contributed by atoms with Crippen molar-refractivity contribution in [1.29, 1.82) is 0 Å². The number of thioether (sulfide) groups is 1. The first-order valence-electron chi connectivity index (χ1n) is 6.76. The SMILES string of the molecule is O[C@@H]1c2cccc3cccc(c23)[C@H]1Sc1ccccc1. The van der Waals surface area contributed by atoms with Crippen molar-refractivity contribution >= 4 is 22.5 Å². The summed E-state index contributed by atoms with van der Waals surface area (Å²) < 4.78 is 0. The third kappa shape index (κ3) is 1.76. The molecule has 98 valence electrons. The minimum atomic E-state index is -0.429. The molecule has 2 atom stereocenters. The van der Waals surface area contributed by atoms with Gasteiger partial charge in [-0.15, -0.1) is 11.8 Å². The van der Waals surface area contributed by atoms with Crippen LogP contribution in [0.5, 0.6) is 0 Å². The van der Waals surface area contributed by atoms with Crippen molar-refractivity contribution < 1.29 is 5.11 Å². The second-order valence-corrected chi connectivity index (χ2v) is 6.30. The molecule has 1 aliphatic rings. The first-order chi connectivity index (χ1) is 9.84. The molecule has 1 N–H and O–H groups in total. The number of aliphatic hydroxyl groups is 1. The molecule has 0 saturated heterocycles. The van der Waals surface area contributed by atoms with E-state index in [4.69, 9.17) is 0 Å². The molecule has 1 nitrogen and oxygen atoms in total. The normalized spacial score (nSPS) is 20.4. The summed E-state index contributed by atoms with van der Waals surface area (Å²) in [4.78, 5) is 1.20. The fourth-order valence-electron chi connectivity index (χ4n) is 2.99. The Labute approximate surface area is 122 Å². The molecule has 0 bridgehead atoms. The highest BCUT2D eigenvalue weighted by Gasteiger charge is 2.33. The summed E-state index contributed by atoms with van der Waals surface area (Å²) in [6.07, 6.45) is -0.429. The van der Waals surface area contributed by atoms with E-state index in [-0.39, 0.29) is 5.25 Å². The van der Waals surface area contributed by atoms with Crippen LogP contribution in [0.1, 0.15) is 22.5 Å². The highest BCUT2D eigenvalue weighted by atomic mass is 32.2. The van der Waals surface area contributed by atoms with Gasteiger partial charge in [0.05, 0.1) is 11.4 Å². The molecule has 0 aliphatic heterocycles. The van der Waals surface area contributed by atoms with Crippen LogP contribution in [0.4, 0.5) is 0 Å². The molecule has 0 unspecified atom stereocenters. The standard InChI is InChI=1S/C18H14OS/c19-17-14-10-4-6-12-7-5-11-15(16(12)14)18(17)20-13-8-2-1-3-9-13/h1-11,17-19H/t17-,18-/m1/s1. The maximum absolute atomic E-state index is 10.7. The first kappa shape index (κ1) is 12.0. The van der Waals surface area contributed by atoms with Gasteiger partial charge in [-0.1, -0.05) is 54.6 Å². The third-order valence-electron chi connectivity index (χ3n) is 3.89. The van der Waals surface area contributed by atoms with E-state index < -0.39 is 6.10 Å². The largest absolute Gasteiger partial charge is 0.387 e. The number of hydrogen-bond donors (Lipinski definition) is 1. The van der Waals surface area contributed by atoms with Crippen LogP contribution in [-0.4, -0.2) is 5.11 Å². The van der Waals surface area contributed by atoms with Gasteiger partial charge in [-0.3, -0.25) is 0 Å². The van der Waals surface area contributed by atoms with E-state index in [1.54, 1.807) is 11.8 Å². The highest BCUT2D eigenvalue weighted by molar-refractivity contribution is 7.99. The van der Waals surface area contributed by atoms with Crippen LogP contribution < -0.4 is 0 Å². The van der Waals surface area contributed by atoms with Gasteiger partial charge in [0, 0.05) is 4.90 Å². The van der Waals surface area contributed by atoms with Gasteiger partial charge in [0.25, 0.3) is 0 Å². The van der Waals surface area contributed by atoms with Gasteiger partial charge in [0.1, 0.15) is 0 Å². The van der Waals surface area contributed by atoms with E-state index in [0.717, 1.165) is 5.56 Å². The van der Waals surface area contributed by atoms with Crippen molar-refractivity contribution in [3.63, 3.8) is 0 Å². The Morgan fingerprint density at radius 2 is 1.45 bits per heavy atom. The zero-order chi connectivity index (χ0) is 13.5. The smallest absolute Gasteiger partial charge is 0.0959 e. The van der Waals surface area contributed by atoms with Crippen LogP contribution in [0.2, 0.25) is 0 Å². The summed E-state index contributed by atoms with van der Waals surface area (Å²) in [5.74, 6) is 0. The second-order valence-electron chi connectivity index (χ2n) is 5.09. The lowest BCUT2D eigenvalue weighted by atomic mass is 10.1. The Bertz CT molecular complexity index is 761. The minimum Gasteiger partial charge on any atom is -0.387 e. The van der Waals surface area contributed by atoms with Crippen molar-refractivity contribution in [2.75, 3.05) is 0 Å². The van der Waals surface area contributed by atoms with E-state index >= 15 is 0 Å². The second kappa shape index (κ2) is 4.65. The molecule has 2 heteroatoms. The Morgan fingerprint density at radius 3 is 2.20 bits per heavy atom. The van der Waals surface area contributed by atoms with Gasteiger partial charge < -0.3 is 5.11 Å². The average Bonchev–Trinajstić information content (AvgIpc) is 2.77. The molecule has 0 spiro atoms. The molecule has 4 rings (SSSR count). The van der Waals surface area contributed by atoms with Crippen molar-refractivity contribution in [2.45, 2.75) is 16.2 Å². The van der Waals surface area contributed by atoms with E-state index in [1.165, 1.54) is 21.2 Å². The Hall–Kier alpha value is -1.77. The lowest BCUT2D eigenvalue weighted by Crippen LogP contribution is -2.00. The Kier molecular flexibility index (Phi) is 2.79. The van der Waals surface area contributed by atoms with Crippen LogP contribution in [0.25, 0.3) is 10.8 Å². The molecular formula is C18H14OS. The topological polar surface area (TPSA) is 20.2 Å². The number of rotatable bonds is 2. The predicted octanol–water partition coefficient (Wildman–Crippen LogP) is 4.72. The lowest BCUT2D eigenvalue weighted by Gasteiger charge is -2.16. The van der Waals surface area contributed by atoms with Gasteiger partial charge in [-0.2, -0.15) is 0 Å². The molecule has 20 heavy (non-hydrogen) atoms. The predicted molar refractivity (Wildman–Crippen MR) is 83.9 cm³/mol. The van der Waals surface area contributed by atoms with Gasteiger partial charge in [-0.25, -0.2) is 0 Å². The molecule has 0 fully saturated rings. The summed E-state index contributed by atoms with van der Waals surface area (Å²) in [6.45, 7) is 0. The van der Waals surface area contributed by atoms with Crippen molar-refractivity contribution in [1.82, 2.24) is 0 Å². The molecule has 3 aromatic rings. The fraction of sp³-hybridized carbons (Fsp3) is 0.111. The van der Waals surface area contributed by atoms with E-state index in [0.29, 0.717) is 0 Å². The Morgan fingerprint density at radius 1 is 0.750 bits per heavy atom. The molecule has 0 aromatic heterocycles. The number of aliphatic hydroxyl groups excluding tert-OH is 1. The average molecular weight is 278 g/mol. The zero-order valence-corrected chi connectivity index (χ0v) is 11.7. The molecule has 0 saturated carbocycles. The van der Waals surface area contributed by atoms with Gasteiger partial charge in [0.15, 0.2) is 0 Å². The number of hydrogen-bond acceptors (Lipinski definition) is 2. The quantitative estimate of drug-likeness (QED) is 0.732. The van der Waals surface area contributed by atoms with Crippen LogP contribution in [0.15, 0.2) is 71.6 Å². The molecular weight excluding hydrogens is 264 g/mol. The van der Waals surface area contributed by atoms with Gasteiger partial charge in [-0.05, 0) is 34.0 Å². The monoisotopic (exact) mass is 278 g/mol. The molecule has 0 heterocycles. The van der Waals surface area contributed by atoms with Crippen LogP contribution in [-0.2, 0) is 0 Å². The lowest BCUT2D eigenvalue weighted by molar-refractivity contribution is 0.182. The van der Waals surface area contributed by atoms with Gasteiger partial charge in [0.2, 0.25) is 0 Å². The van der Waals surface area contributed by atoms with Crippen molar-refractivity contribution in [3.05, 3.63) is 77.9 Å². The summed E-state index contributed by atoms with van der Waals surface area (Å²) in [5.41, 5.74) is 2.31. The van der Waals surface area contributed by atoms with E-state index in [9.17, 15) is 5.11 Å². The third-order valence-corrected chi connectivity index (χ3v) is 5.20. The van der Waals surface area contributed by atoms with Crippen molar-refractivity contribution in [2.24, 2.45) is 0 Å². The summed E-state index contributed by atoms with van der Waals surface area (Å²) in [5, 5.41) is 13.2. The highest BCUT2D eigenvalue weighted by Crippen LogP contribution is 2.52. The summed E-state index contributed by atoms with van der Waals surface area (Å²) in [7, 11) is 0. The van der Waals surface area contributed by atoms with Crippen LogP contribution in [0, 0.1) is 0 Å². The maximum atomic E-state index is 10.7. The van der Waals surface area contributed by atoms with Gasteiger partial charge >= 0.3 is 0 Å². The molecule has 1 aliphatic carbocycles. The molecule has 0 radical (unpaired) electrons. The Balaban J connectivity index is 1.83. The van der Waals surface area contributed by atoms with E-state index in [1.807, 2.05) is 30.3 Å². The van der Waals surface area contributed by atoms with Crippen LogP contribution >= 0.6 is 11.8 Å². The minimum absolute atomic E-state index is 0.0819. The first-order valence-corrected chi connectivity index (χ1v) is 7.64. The summed E-state index contributed by atoms with van der Waals surface area (Å²) >= 11 is 1.74. The number of benzene rings is 3. The van der Waals surface area contributed by atoms with Crippen LogP contribution in [0.3, 0.4) is 0 Å². The zero-order valence-electron chi connectivity index (χ0n) is 10.9. The molecule has 0 amide bonds.